The number of aromatic nitrogens is 1. The Hall–Kier alpha value is -1.74. The highest BCUT2D eigenvalue weighted by atomic mass is 32.1. The Morgan fingerprint density at radius 3 is 2.84 bits per heavy atom. The highest BCUT2D eigenvalue weighted by Crippen LogP contribution is 2.20. The van der Waals surface area contributed by atoms with Gasteiger partial charge in [-0.2, -0.15) is 0 Å². The molecule has 0 saturated carbocycles. The van der Waals surface area contributed by atoms with Crippen LogP contribution in [0, 0.1) is 0 Å². The second-order valence-electron chi connectivity index (χ2n) is 4.07. The Morgan fingerprint density at radius 1 is 1.47 bits per heavy atom. The number of nitrogens with zero attached hydrogens (tertiary/aromatic N) is 2. The third-order valence-electron chi connectivity index (χ3n) is 2.84. The SMILES string of the molecule is COC(=O)Cn1c2c(sc1=O)C(=O)CN(BC=O)C2. The van der Waals surface area contributed by atoms with Crippen LogP contribution in [-0.4, -0.2) is 48.4 Å². The molecule has 0 bridgehead atoms. The fraction of sp³-hybridized carbons (Fsp3) is 0.400. The molecule has 1 aromatic heterocycles. The first-order valence-electron chi connectivity index (χ1n) is 5.55. The number of fused-ring (bicyclic) bond motifs is 1. The van der Waals surface area contributed by atoms with E-state index in [0.717, 1.165) is 11.3 Å². The molecule has 0 saturated heterocycles. The van der Waals surface area contributed by atoms with Crippen LogP contribution in [0.15, 0.2) is 4.79 Å². The van der Waals surface area contributed by atoms with Crippen molar-refractivity contribution in [3.05, 3.63) is 20.2 Å². The summed E-state index contributed by atoms with van der Waals surface area (Å²) in [5.74, 6) is -0.753. The first-order chi connectivity index (χ1) is 9.06. The fourth-order valence-electron chi connectivity index (χ4n) is 1.94. The van der Waals surface area contributed by atoms with Crippen LogP contribution in [0.5, 0.6) is 0 Å². The van der Waals surface area contributed by atoms with Crippen LogP contribution < -0.4 is 4.87 Å². The van der Waals surface area contributed by atoms with Gasteiger partial charge in [0.15, 0.2) is 5.78 Å². The Kier molecular flexibility index (Phi) is 3.96. The van der Waals surface area contributed by atoms with Crippen LogP contribution >= 0.6 is 11.3 Å². The molecule has 1 aliphatic heterocycles. The summed E-state index contributed by atoms with van der Waals surface area (Å²) >= 11 is 0.833. The zero-order valence-corrected chi connectivity index (χ0v) is 11.1. The number of ether oxygens (including phenoxy) is 1. The molecular formula is C10H11BN2O5S. The predicted octanol–water partition coefficient (Wildman–Crippen LogP) is -1.38. The maximum atomic E-state index is 11.9. The average Bonchev–Trinajstić information content (AvgIpc) is 2.68. The van der Waals surface area contributed by atoms with E-state index in [1.807, 2.05) is 0 Å². The first kappa shape index (κ1) is 13.7. The van der Waals surface area contributed by atoms with E-state index in [-0.39, 0.29) is 31.2 Å². The number of esters is 1. The smallest absolute Gasteiger partial charge is 0.325 e. The molecule has 0 unspecified atom stereocenters. The Labute approximate surface area is 113 Å². The average molecular weight is 282 g/mol. The van der Waals surface area contributed by atoms with Crippen molar-refractivity contribution in [2.24, 2.45) is 0 Å². The highest BCUT2D eigenvalue weighted by molar-refractivity contribution is 7.11. The number of carbonyl (C=O) groups is 3. The second-order valence-corrected chi connectivity index (χ2v) is 5.03. The maximum absolute atomic E-state index is 11.9. The lowest BCUT2D eigenvalue weighted by atomic mass is 9.91. The lowest BCUT2D eigenvalue weighted by Crippen LogP contribution is -2.39. The van der Waals surface area contributed by atoms with Gasteiger partial charge in [0.05, 0.1) is 30.4 Å². The van der Waals surface area contributed by atoms with Crippen molar-refractivity contribution >= 4 is 36.7 Å². The predicted molar refractivity (Wildman–Crippen MR) is 69.2 cm³/mol. The molecule has 0 radical (unpaired) electrons. The van der Waals surface area contributed by atoms with Crippen molar-refractivity contribution in [3.63, 3.8) is 0 Å². The Bertz CT molecular complexity index is 593. The van der Waals surface area contributed by atoms with E-state index in [2.05, 4.69) is 4.74 Å². The van der Waals surface area contributed by atoms with Crippen LogP contribution in [-0.2, 0) is 27.4 Å². The summed E-state index contributed by atoms with van der Waals surface area (Å²) in [6, 6.07) is 0. The second kappa shape index (κ2) is 5.49. The molecule has 0 aromatic carbocycles. The summed E-state index contributed by atoms with van der Waals surface area (Å²) in [6.07, 6.45) is 0.702. The van der Waals surface area contributed by atoms with Gasteiger partial charge >= 0.3 is 10.8 Å². The van der Waals surface area contributed by atoms with Crippen molar-refractivity contribution in [2.45, 2.75) is 13.1 Å². The number of thiazole rings is 1. The maximum Gasteiger partial charge on any atom is 0.325 e. The summed E-state index contributed by atoms with van der Waals surface area (Å²) < 4.78 is 5.76. The zero-order chi connectivity index (χ0) is 14.0. The summed E-state index contributed by atoms with van der Waals surface area (Å²) in [6.45, 7) is 0.197. The molecule has 2 heterocycles. The number of hydrogen-bond donors (Lipinski definition) is 0. The molecule has 0 fully saturated rings. The first-order valence-corrected chi connectivity index (χ1v) is 6.37. The van der Waals surface area contributed by atoms with Gasteiger partial charge in [-0.05, 0) is 0 Å². The largest absolute Gasteiger partial charge is 0.468 e. The summed E-state index contributed by atoms with van der Waals surface area (Å²) in [4.78, 5) is 47.1. The van der Waals surface area contributed by atoms with Gasteiger partial charge in [0.1, 0.15) is 6.54 Å². The minimum Gasteiger partial charge on any atom is -0.468 e. The summed E-state index contributed by atoms with van der Waals surface area (Å²) in [5, 5.41) is 0. The van der Waals surface area contributed by atoms with Gasteiger partial charge in [0.2, 0.25) is 0 Å². The number of carbonyl (C=O) groups excluding carboxylic acids is 3. The normalized spacial score (nSPS) is 14.9. The molecule has 19 heavy (non-hydrogen) atoms. The van der Waals surface area contributed by atoms with E-state index >= 15 is 0 Å². The number of ketones is 1. The van der Waals surface area contributed by atoms with Gasteiger partial charge in [0, 0.05) is 6.54 Å². The third-order valence-corrected chi connectivity index (χ3v) is 3.90. The number of Topliss-reactive ketones (excluding diaryl/α,β-unsaturated/α-hetero) is 1. The molecule has 1 aliphatic rings. The van der Waals surface area contributed by atoms with Gasteiger partial charge in [0.25, 0.3) is 7.41 Å². The van der Waals surface area contributed by atoms with Crippen molar-refractivity contribution in [1.82, 2.24) is 9.38 Å². The van der Waals surface area contributed by atoms with Gasteiger partial charge in [-0.1, -0.05) is 11.3 Å². The highest BCUT2D eigenvalue weighted by Gasteiger charge is 2.29. The fourth-order valence-corrected chi connectivity index (χ4v) is 2.87. The minimum atomic E-state index is -0.553. The van der Waals surface area contributed by atoms with Crippen molar-refractivity contribution in [1.29, 1.82) is 0 Å². The van der Waals surface area contributed by atoms with Gasteiger partial charge in [-0.15, -0.1) is 0 Å². The van der Waals surface area contributed by atoms with E-state index in [0.29, 0.717) is 23.3 Å². The molecule has 0 N–H and O–H groups in total. The Balaban J connectivity index is 2.37. The van der Waals surface area contributed by atoms with Gasteiger partial charge < -0.3 is 14.3 Å². The molecule has 1 aromatic rings. The van der Waals surface area contributed by atoms with Crippen LogP contribution in [0.4, 0.5) is 0 Å². The summed E-state index contributed by atoms with van der Waals surface area (Å²) in [7, 11) is 1.35. The zero-order valence-electron chi connectivity index (χ0n) is 10.2. The molecule has 2 rings (SSSR count). The van der Waals surface area contributed by atoms with Crippen molar-refractivity contribution in [2.75, 3.05) is 13.7 Å². The standard InChI is InChI=1S/C10H11BN2O5S/c1-18-8(16)4-13-6-2-12(11-5-14)3-7(15)9(6)19-10(13)17/h5,11H,2-4H2,1H3. The van der Waals surface area contributed by atoms with Gasteiger partial charge in [-0.3, -0.25) is 19.0 Å². The Morgan fingerprint density at radius 2 is 2.21 bits per heavy atom. The van der Waals surface area contributed by atoms with Crippen LogP contribution in [0.1, 0.15) is 15.4 Å². The van der Waals surface area contributed by atoms with E-state index in [1.165, 1.54) is 11.7 Å². The molecular weight excluding hydrogens is 271 g/mol. The van der Waals surface area contributed by atoms with Crippen LogP contribution in [0.2, 0.25) is 0 Å². The molecule has 100 valence electrons. The molecule has 0 spiro atoms. The van der Waals surface area contributed by atoms with Crippen LogP contribution in [0.3, 0.4) is 0 Å². The molecule has 0 amide bonds. The molecule has 9 heteroatoms. The molecule has 0 aliphatic carbocycles. The van der Waals surface area contributed by atoms with Crippen molar-refractivity contribution < 1.29 is 19.1 Å². The van der Waals surface area contributed by atoms with Crippen LogP contribution in [0.25, 0.3) is 0 Å². The van der Waals surface area contributed by atoms with E-state index in [1.54, 1.807) is 4.81 Å². The monoisotopic (exact) mass is 282 g/mol. The van der Waals surface area contributed by atoms with Gasteiger partial charge in [-0.25, -0.2) is 0 Å². The lowest BCUT2D eigenvalue weighted by molar-refractivity contribution is -0.141. The quantitative estimate of drug-likeness (QED) is 0.384. The third kappa shape index (κ3) is 2.66. The minimum absolute atomic E-state index is 0.115. The lowest BCUT2D eigenvalue weighted by Gasteiger charge is -2.24. The van der Waals surface area contributed by atoms with E-state index in [9.17, 15) is 19.2 Å². The molecule has 7 nitrogen and oxygen atoms in total. The van der Waals surface area contributed by atoms with Crippen molar-refractivity contribution in [3.8, 4) is 0 Å². The van der Waals surface area contributed by atoms with E-state index < -0.39 is 5.97 Å². The number of methoxy groups -OCH3 is 1. The topological polar surface area (TPSA) is 85.7 Å². The summed E-state index contributed by atoms with van der Waals surface area (Å²) in [5.41, 5.74) is 0.485. The van der Waals surface area contributed by atoms with E-state index in [4.69, 9.17) is 0 Å². The molecule has 0 atom stereocenters. The number of rotatable bonds is 4. The number of hydrogen-bond acceptors (Lipinski definition) is 7.